The number of fused-ring (bicyclic) bond motifs is 1. The summed E-state index contributed by atoms with van der Waals surface area (Å²) in [6, 6.07) is 31.7. The second kappa shape index (κ2) is 9.52. The minimum absolute atomic E-state index is 0.161. The van der Waals surface area contributed by atoms with Crippen LogP contribution in [-0.4, -0.2) is 12.1 Å². The zero-order valence-corrected chi connectivity index (χ0v) is 16.5. The molecule has 0 radical (unpaired) electrons. The van der Waals surface area contributed by atoms with Crippen LogP contribution in [0.25, 0.3) is 10.8 Å². The van der Waals surface area contributed by atoms with Crippen molar-refractivity contribution in [2.75, 3.05) is 0 Å². The molecule has 30 heavy (non-hydrogen) atoms. The van der Waals surface area contributed by atoms with Gasteiger partial charge in [-0.1, -0.05) is 84.9 Å². The summed E-state index contributed by atoms with van der Waals surface area (Å²) in [6.45, 7) is 0.451. The summed E-state index contributed by atoms with van der Waals surface area (Å²) in [7, 11) is 0. The van der Waals surface area contributed by atoms with Crippen LogP contribution >= 0.6 is 0 Å². The highest BCUT2D eigenvalue weighted by molar-refractivity contribution is 5.86. The van der Waals surface area contributed by atoms with Gasteiger partial charge in [-0.3, -0.25) is 4.79 Å². The van der Waals surface area contributed by atoms with Gasteiger partial charge >= 0.3 is 0 Å². The van der Waals surface area contributed by atoms with Crippen LogP contribution in [0.1, 0.15) is 16.7 Å². The summed E-state index contributed by atoms with van der Waals surface area (Å²) in [4.78, 5) is 12.1. The number of hydrogen-bond donors (Lipinski definition) is 1. The normalized spacial score (nSPS) is 10.9. The van der Waals surface area contributed by atoms with Crippen LogP contribution in [0, 0.1) is 0 Å². The van der Waals surface area contributed by atoms with Gasteiger partial charge in [0.25, 0.3) is 0 Å². The van der Waals surface area contributed by atoms with Gasteiger partial charge in [0.1, 0.15) is 12.4 Å². The molecule has 0 aliphatic heterocycles. The summed E-state index contributed by atoms with van der Waals surface area (Å²) >= 11 is 0. The van der Waals surface area contributed by atoms with E-state index in [1.807, 2.05) is 72.8 Å². The number of ether oxygens (including phenoxy) is 1. The Morgan fingerprint density at radius 3 is 2.47 bits per heavy atom. The average Bonchev–Trinajstić information content (AvgIpc) is 2.79. The molecule has 0 saturated carbocycles. The lowest BCUT2D eigenvalue weighted by atomic mass is 10.1. The smallest absolute Gasteiger partial charge is 0.244 e. The number of carbonyl (C=O) groups excluding carboxylic acids is 1. The standard InChI is InChI=1S/C26H22N2O2/c29-26(17-20-9-2-1-3-10-20)28-27-18-22-12-5-7-16-25(22)30-19-23-14-8-13-21-11-4-6-15-24(21)23/h1-16,18H,17,19H2,(H,28,29). The number of amides is 1. The van der Waals surface area contributed by atoms with E-state index in [4.69, 9.17) is 4.74 Å². The van der Waals surface area contributed by atoms with E-state index in [-0.39, 0.29) is 12.3 Å². The lowest BCUT2D eigenvalue weighted by Gasteiger charge is -2.11. The Bertz CT molecular complexity index is 1160. The number of nitrogens with one attached hydrogen (secondary N) is 1. The highest BCUT2D eigenvalue weighted by Gasteiger charge is 2.05. The van der Waals surface area contributed by atoms with E-state index in [0.29, 0.717) is 12.4 Å². The minimum atomic E-state index is -0.161. The molecule has 4 aromatic rings. The largest absolute Gasteiger partial charge is 0.488 e. The van der Waals surface area contributed by atoms with Crippen molar-refractivity contribution < 1.29 is 9.53 Å². The van der Waals surface area contributed by atoms with Crippen LogP contribution in [-0.2, 0) is 17.8 Å². The maximum absolute atomic E-state index is 12.1. The van der Waals surface area contributed by atoms with E-state index >= 15 is 0 Å². The molecule has 0 bridgehead atoms. The first kappa shape index (κ1) is 19.4. The van der Waals surface area contributed by atoms with Crippen molar-refractivity contribution in [2.45, 2.75) is 13.0 Å². The van der Waals surface area contributed by atoms with Crippen LogP contribution in [0.4, 0.5) is 0 Å². The molecule has 1 amide bonds. The van der Waals surface area contributed by atoms with Gasteiger partial charge in [-0.25, -0.2) is 5.43 Å². The van der Waals surface area contributed by atoms with Crippen LogP contribution in [0.15, 0.2) is 102 Å². The molecule has 4 nitrogen and oxygen atoms in total. The molecule has 148 valence electrons. The summed E-state index contributed by atoms with van der Waals surface area (Å²) in [5, 5.41) is 6.47. The van der Waals surface area contributed by atoms with Crippen molar-refractivity contribution in [1.29, 1.82) is 0 Å². The molecule has 0 aliphatic carbocycles. The third-order valence-electron chi connectivity index (χ3n) is 4.78. The van der Waals surface area contributed by atoms with Gasteiger partial charge in [0.2, 0.25) is 5.91 Å². The molecular formula is C26H22N2O2. The van der Waals surface area contributed by atoms with Crippen LogP contribution in [0.5, 0.6) is 5.75 Å². The Kier molecular flexibility index (Phi) is 6.16. The molecule has 0 heterocycles. The van der Waals surface area contributed by atoms with Crippen LogP contribution in [0.3, 0.4) is 0 Å². The maximum atomic E-state index is 12.1. The van der Waals surface area contributed by atoms with Crippen molar-refractivity contribution in [2.24, 2.45) is 5.10 Å². The first-order chi connectivity index (χ1) is 14.8. The monoisotopic (exact) mass is 394 g/mol. The van der Waals surface area contributed by atoms with Crippen molar-refractivity contribution in [1.82, 2.24) is 5.43 Å². The third-order valence-corrected chi connectivity index (χ3v) is 4.78. The molecule has 1 N–H and O–H groups in total. The molecule has 0 aromatic heterocycles. The molecule has 0 spiro atoms. The number of hydrogen-bond acceptors (Lipinski definition) is 3. The molecule has 4 heteroatoms. The SMILES string of the molecule is O=C(Cc1ccccc1)NN=Cc1ccccc1OCc1cccc2ccccc12. The Hall–Kier alpha value is -3.92. The predicted molar refractivity (Wildman–Crippen MR) is 121 cm³/mol. The molecule has 0 fully saturated rings. The average molecular weight is 394 g/mol. The first-order valence-electron chi connectivity index (χ1n) is 9.84. The molecule has 4 rings (SSSR count). The quantitative estimate of drug-likeness (QED) is 0.350. The minimum Gasteiger partial charge on any atom is -0.488 e. The highest BCUT2D eigenvalue weighted by atomic mass is 16.5. The van der Waals surface area contributed by atoms with Crippen LogP contribution in [0.2, 0.25) is 0 Å². The molecular weight excluding hydrogens is 372 g/mol. The fourth-order valence-electron chi connectivity index (χ4n) is 3.29. The lowest BCUT2D eigenvalue weighted by molar-refractivity contribution is -0.120. The van der Waals surface area contributed by atoms with Gasteiger partial charge in [0, 0.05) is 5.56 Å². The predicted octanol–water partition coefficient (Wildman–Crippen LogP) is 5.11. The summed E-state index contributed by atoms with van der Waals surface area (Å²) in [5.41, 5.74) is 5.45. The van der Waals surface area contributed by atoms with Gasteiger partial charge < -0.3 is 4.74 Å². The molecule has 0 saturated heterocycles. The Balaban J connectivity index is 1.41. The molecule has 0 aliphatic rings. The first-order valence-corrected chi connectivity index (χ1v) is 9.84. The van der Waals surface area contributed by atoms with Gasteiger partial charge in [-0.15, -0.1) is 0 Å². The van der Waals surface area contributed by atoms with Crippen molar-refractivity contribution in [3.05, 3.63) is 114 Å². The van der Waals surface area contributed by atoms with E-state index < -0.39 is 0 Å². The van der Waals surface area contributed by atoms with E-state index in [2.05, 4.69) is 34.8 Å². The second-order valence-electron chi connectivity index (χ2n) is 6.92. The Morgan fingerprint density at radius 2 is 1.57 bits per heavy atom. The molecule has 0 atom stereocenters. The second-order valence-corrected chi connectivity index (χ2v) is 6.92. The zero-order chi connectivity index (χ0) is 20.6. The third kappa shape index (κ3) is 4.92. The fourth-order valence-corrected chi connectivity index (χ4v) is 3.29. The van der Waals surface area contributed by atoms with E-state index in [1.54, 1.807) is 6.21 Å². The number of rotatable bonds is 7. The number of para-hydroxylation sites is 1. The summed E-state index contributed by atoms with van der Waals surface area (Å²) < 4.78 is 6.08. The van der Waals surface area contributed by atoms with Crippen molar-refractivity contribution >= 4 is 22.9 Å². The van der Waals surface area contributed by atoms with Gasteiger partial charge in [0.15, 0.2) is 0 Å². The number of benzene rings is 4. The highest BCUT2D eigenvalue weighted by Crippen LogP contribution is 2.22. The van der Waals surface area contributed by atoms with Gasteiger partial charge in [-0.2, -0.15) is 5.10 Å². The van der Waals surface area contributed by atoms with Crippen molar-refractivity contribution in [3.63, 3.8) is 0 Å². The molecule has 4 aromatic carbocycles. The van der Waals surface area contributed by atoms with Gasteiger partial charge in [-0.05, 0) is 34.0 Å². The van der Waals surface area contributed by atoms with Crippen LogP contribution < -0.4 is 10.2 Å². The van der Waals surface area contributed by atoms with Gasteiger partial charge in [0.05, 0.1) is 12.6 Å². The Morgan fingerprint density at radius 1 is 0.833 bits per heavy atom. The fraction of sp³-hybridized carbons (Fsp3) is 0.0769. The van der Waals surface area contributed by atoms with E-state index in [9.17, 15) is 4.79 Å². The number of hydrazone groups is 1. The molecule has 0 unspecified atom stereocenters. The number of carbonyl (C=O) groups is 1. The summed E-state index contributed by atoms with van der Waals surface area (Å²) in [5.74, 6) is 0.554. The van der Waals surface area contributed by atoms with E-state index in [0.717, 1.165) is 16.7 Å². The number of nitrogens with zero attached hydrogens (tertiary/aromatic N) is 1. The van der Waals surface area contributed by atoms with E-state index in [1.165, 1.54) is 10.8 Å². The zero-order valence-electron chi connectivity index (χ0n) is 16.5. The van der Waals surface area contributed by atoms with Crippen molar-refractivity contribution in [3.8, 4) is 5.75 Å². The topological polar surface area (TPSA) is 50.7 Å². The Labute approximate surface area is 175 Å². The summed E-state index contributed by atoms with van der Waals surface area (Å²) in [6.07, 6.45) is 1.90. The maximum Gasteiger partial charge on any atom is 0.244 e. The lowest BCUT2D eigenvalue weighted by Crippen LogP contribution is -2.19.